The second-order valence-corrected chi connectivity index (χ2v) is 33.1. The van der Waals surface area contributed by atoms with E-state index in [1.54, 1.807) is 0 Å². The summed E-state index contributed by atoms with van der Waals surface area (Å²) < 4.78 is 69.4. The van der Waals surface area contributed by atoms with Crippen LogP contribution in [-0.2, 0) is 114 Å². The fraction of sp³-hybridized carbons (Fsp3) is 0.865. The van der Waals surface area contributed by atoms with Crippen LogP contribution < -0.4 is 0 Å². The molecule has 0 aromatic carbocycles. The molecule has 4 aliphatic rings. The zero-order valence-corrected chi connectivity index (χ0v) is 71.4. The van der Waals surface area contributed by atoms with Gasteiger partial charge in [-0.05, 0) is 77.0 Å². The fourth-order valence-electron chi connectivity index (χ4n) is 15.8. The molecule has 0 aromatic rings. The molecule has 28 nitrogen and oxygen atoms in total. The maximum absolute atomic E-state index is 15.0. The number of aliphatic hydroxyl groups is 4. The number of rotatable bonds is 64. The van der Waals surface area contributed by atoms with Crippen molar-refractivity contribution in [3.63, 3.8) is 0 Å². The standard InChI is InChI=1S/C89H148O28/c1-5-9-13-17-21-25-29-49-77(94)106-57-65(53-90)114-85(102)73-45-37-33-41-69(73)81(98)110-61-89(62-111-82(99)70-42-34-38-46-74(70)86(103)115-66(54-91)58-107-78(95)50-30-26-22-18-14-10-6-2,63-112-83(100)71-43-35-39-47-75(71)87(104)116-67(55-92)59-108-79(96)51-31-27-23-19-15-11-7-3)64-113-84(101)72-44-36-40-48-76(72)88(105)117-68(56-93)60-109-80(97)52-32-28-24-20-16-12-8-4/h65-76,90-93H,5-64H2,1-4H3. The summed E-state index contributed by atoms with van der Waals surface area (Å²) >= 11 is 0. The van der Waals surface area contributed by atoms with Crippen molar-refractivity contribution in [2.75, 3.05) is 79.3 Å². The fourth-order valence-corrected chi connectivity index (χ4v) is 15.8. The van der Waals surface area contributed by atoms with Gasteiger partial charge in [0.2, 0.25) is 0 Å². The zero-order chi connectivity index (χ0) is 85.3. The maximum atomic E-state index is 15.0. The van der Waals surface area contributed by atoms with E-state index in [-0.39, 0.29) is 77.0 Å². The molecule has 4 saturated carbocycles. The molecule has 4 aliphatic carbocycles. The van der Waals surface area contributed by atoms with Gasteiger partial charge in [-0.1, -0.05) is 233 Å². The van der Waals surface area contributed by atoms with Crippen molar-refractivity contribution >= 4 is 71.6 Å². The third-order valence-corrected chi connectivity index (χ3v) is 23.2. The number of carbonyl (C=O) groups excluding carboxylic acids is 12. The number of hydrogen-bond donors (Lipinski definition) is 4. The van der Waals surface area contributed by atoms with E-state index in [0.717, 1.165) is 154 Å². The molecule has 4 rings (SSSR count). The molecule has 28 heteroatoms. The molecule has 0 spiro atoms. The van der Waals surface area contributed by atoms with E-state index in [2.05, 4.69) is 27.7 Å². The van der Waals surface area contributed by atoms with Gasteiger partial charge in [0.1, 0.15) is 58.3 Å². The maximum Gasteiger partial charge on any atom is 0.310 e. The van der Waals surface area contributed by atoms with Gasteiger partial charge in [0.25, 0.3) is 0 Å². The van der Waals surface area contributed by atoms with E-state index >= 15 is 0 Å². The van der Waals surface area contributed by atoms with Crippen LogP contribution in [0, 0.1) is 52.8 Å². The molecule has 0 amide bonds. The third kappa shape index (κ3) is 42.0. The molecule has 0 aromatic heterocycles. The van der Waals surface area contributed by atoms with Crippen LogP contribution in [-0.4, -0.2) is 196 Å². The summed E-state index contributed by atoms with van der Waals surface area (Å²) in [4.78, 5) is 168. The second-order valence-electron chi connectivity index (χ2n) is 33.1. The predicted molar refractivity (Wildman–Crippen MR) is 430 cm³/mol. The minimum Gasteiger partial charge on any atom is -0.464 e. The molecule has 12 unspecified atom stereocenters. The van der Waals surface area contributed by atoms with Crippen LogP contribution in [0.25, 0.3) is 0 Å². The minimum absolute atomic E-state index is 0.0930. The Bertz CT molecular complexity index is 2470. The lowest BCUT2D eigenvalue weighted by molar-refractivity contribution is -0.186. The Morgan fingerprint density at radius 3 is 0.573 bits per heavy atom. The van der Waals surface area contributed by atoms with Crippen molar-refractivity contribution in [3.8, 4) is 0 Å². The first kappa shape index (κ1) is 103. The van der Waals surface area contributed by atoms with E-state index in [4.69, 9.17) is 56.8 Å². The number of unbranched alkanes of at least 4 members (excludes halogenated alkanes) is 24. The van der Waals surface area contributed by atoms with Gasteiger partial charge in [-0.2, -0.15) is 0 Å². The van der Waals surface area contributed by atoms with Crippen LogP contribution in [0.4, 0.5) is 0 Å². The lowest BCUT2D eigenvalue weighted by Crippen LogP contribution is -2.48. The lowest BCUT2D eigenvalue weighted by atomic mass is 9.78. The van der Waals surface area contributed by atoms with Crippen LogP contribution >= 0.6 is 0 Å². The van der Waals surface area contributed by atoms with Gasteiger partial charge in [-0.3, -0.25) is 57.5 Å². The first-order chi connectivity index (χ1) is 56.7. The first-order valence-electron chi connectivity index (χ1n) is 45.2. The van der Waals surface area contributed by atoms with E-state index in [9.17, 15) is 78.0 Å². The SMILES string of the molecule is CCCCCCCCCC(=O)OCC(CO)OC(=O)C1CCCCC1C(=O)OCC(COC(=O)C1CCCCC1C(=O)OC(CO)COC(=O)CCCCCCCCC)(COC(=O)C1CCCCC1C(=O)OC(CO)COC(=O)CCCCCCCCC)COC(=O)C1CCCCC1C(=O)OC(CO)COC(=O)CCCCCCCCC. The van der Waals surface area contributed by atoms with Crippen molar-refractivity contribution in [2.45, 2.75) is 360 Å². The molecular weight excluding hydrogens is 1520 g/mol. The molecule has 0 bridgehead atoms. The highest BCUT2D eigenvalue weighted by Crippen LogP contribution is 2.39. The highest BCUT2D eigenvalue weighted by Gasteiger charge is 2.48. The lowest BCUT2D eigenvalue weighted by Gasteiger charge is -2.36. The highest BCUT2D eigenvalue weighted by molar-refractivity contribution is 5.85. The summed E-state index contributed by atoms with van der Waals surface area (Å²) in [5, 5.41) is 41.5. The number of hydrogen-bond acceptors (Lipinski definition) is 28. The first-order valence-corrected chi connectivity index (χ1v) is 45.2. The third-order valence-electron chi connectivity index (χ3n) is 23.2. The van der Waals surface area contributed by atoms with Gasteiger partial charge in [0.15, 0.2) is 24.4 Å². The Kier molecular flexibility index (Phi) is 55.0. The normalized spacial score (nSPS) is 20.9. The van der Waals surface area contributed by atoms with Crippen LogP contribution in [0.5, 0.6) is 0 Å². The van der Waals surface area contributed by atoms with Crippen LogP contribution in [0.2, 0.25) is 0 Å². The molecule has 4 N–H and O–H groups in total. The van der Waals surface area contributed by atoms with Crippen molar-refractivity contribution in [1.29, 1.82) is 0 Å². The van der Waals surface area contributed by atoms with Crippen molar-refractivity contribution in [3.05, 3.63) is 0 Å². The predicted octanol–water partition coefficient (Wildman–Crippen LogP) is 13.7. The monoisotopic (exact) mass is 1670 g/mol. The zero-order valence-electron chi connectivity index (χ0n) is 71.4. The Balaban J connectivity index is 1.70. The van der Waals surface area contributed by atoms with Gasteiger partial charge in [0.05, 0.1) is 73.8 Å². The molecule has 12 atom stereocenters. The molecule has 0 saturated heterocycles. The average Bonchev–Trinajstić information content (AvgIpc) is 0.817. The smallest absolute Gasteiger partial charge is 0.310 e. The number of esters is 12. The summed E-state index contributed by atoms with van der Waals surface area (Å²) in [6.45, 7) is 0.327. The quantitative estimate of drug-likeness (QED) is 0.0250. The summed E-state index contributed by atoms with van der Waals surface area (Å²) in [6.07, 6.45) is 27.1. The Hall–Kier alpha value is -6.52. The number of ether oxygens (including phenoxy) is 12. The second kappa shape index (κ2) is 62.6. The van der Waals surface area contributed by atoms with Crippen molar-refractivity contribution in [1.82, 2.24) is 0 Å². The molecular formula is C89H148O28. The summed E-state index contributed by atoms with van der Waals surface area (Å²) in [6, 6.07) is 0. The Labute approximate surface area is 695 Å². The van der Waals surface area contributed by atoms with E-state index in [0.29, 0.717) is 77.0 Å². The van der Waals surface area contributed by atoms with Gasteiger partial charge in [0, 0.05) is 25.7 Å². The van der Waals surface area contributed by atoms with Gasteiger partial charge in [-0.25, -0.2) is 0 Å². The van der Waals surface area contributed by atoms with Crippen LogP contribution in [0.15, 0.2) is 0 Å². The molecule has 4 fully saturated rings. The van der Waals surface area contributed by atoms with Gasteiger partial charge in [-0.15, -0.1) is 0 Å². The topological polar surface area (TPSA) is 397 Å². The van der Waals surface area contributed by atoms with E-state index < -0.39 is 228 Å². The summed E-state index contributed by atoms with van der Waals surface area (Å²) in [5.41, 5.74) is -2.11. The van der Waals surface area contributed by atoms with Crippen LogP contribution in [0.3, 0.4) is 0 Å². The average molecular weight is 1670 g/mol. The minimum atomic E-state index is -2.11. The van der Waals surface area contributed by atoms with Crippen molar-refractivity contribution in [2.24, 2.45) is 52.8 Å². The molecule has 0 radical (unpaired) electrons. The molecule has 0 aliphatic heterocycles. The Morgan fingerprint density at radius 1 is 0.239 bits per heavy atom. The number of aliphatic hydroxyl groups excluding tert-OH is 4. The molecule has 672 valence electrons. The Morgan fingerprint density at radius 2 is 0.402 bits per heavy atom. The largest absolute Gasteiger partial charge is 0.464 e. The van der Waals surface area contributed by atoms with E-state index in [1.165, 1.54) is 0 Å². The van der Waals surface area contributed by atoms with Crippen LogP contribution in [0.1, 0.15) is 336 Å². The van der Waals surface area contributed by atoms with Crippen molar-refractivity contribution < 1.29 is 135 Å². The number of carbonyl (C=O) groups is 12. The molecule has 0 heterocycles. The van der Waals surface area contributed by atoms with E-state index in [1.807, 2.05) is 0 Å². The van der Waals surface area contributed by atoms with Gasteiger partial charge >= 0.3 is 71.6 Å². The summed E-state index contributed by atoms with van der Waals surface area (Å²) in [7, 11) is 0. The highest BCUT2D eigenvalue weighted by atomic mass is 16.6. The van der Waals surface area contributed by atoms with Gasteiger partial charge < -0.3 is 77.3 Å². The summed E-state index contributed by atoms with van der Waals surface area (Å²) in [5.74, 6) is -19.1. The molecule has 117 heavy (non-hydrogen) atoms.